The second kappa shape index (κ2) is 7.08. The van der Waals surface area contributed by atoms with Crippen LogP contribution in [0.25, 0.3) is 0 Å². The third-order valence-corrected chi connectivity index (χ3v) is 3.63. The van der Waals surface area contributed by atoms with Crippen LogP contribution in [0.5, 0.6) is 0 Å². The van der Waals surface area contributed by atoms with E-state index in [1.807, 2.05) is 25.1 Å². The van der Waals surface area contributed by atoms with Gasteiger partial charge in [0, 0.05) is 24.9 Å². The summed E-state index contributed by atoms with van der Waals surface area (Å²) >= 11 is 0. The second-order valence-corrected chi connectivity index (χ2v) is 5.49. The SMILES string of the molecule is CC1CC(C(=O)NCCCc2ccccc2)CC(=O)N1. The van der Waals surface area contributed by atoms with Crippen LogP contribution >= 0.6 is 0 Å². The van der Waals surface area contributed by atoms with Crippen molar-refractivity contribution >= 4 is 11.8 Å². The van der Waals surface area contributed by atoms with Gasteiger partial charge in [-0.25, -0.2) is 0 Å². The van der Waals surface area contributed by atoms with Gasteiger partial charge in [0.1, 0.15) is 0 Å². The number of hydrogen-bond acceptors (Lipinski definition) is 2. The Morgan fingerprint density at radius 3 is 2.80 bits per heavy atom. The molecule has 2 N–H and O–H groups in total. The molecule has 108 valence electrons. The van der Waals surface area contributed by atoms with Crippen molar-refractivity contribution in [1.82, 2.24) is 10.6 Å². The molecule has 2 amide bonds. The Hall–Kier alpha value is -1.84. The number of amides is 2. The maximum absolute atomic E-state index is 12.0. The van der Waals surface area contributed by atoms with Crippen LogP contribution in [0.2, 0.25) is 0 Å². The molecule has 0 radical (unpaired) electrons. The second-order valence-electron chi connectivity index (χ2n) is 5.49. The molecule has 0 bridgehead atoms. The smallest absolute Gasteiger partial charge is 0.223 e. The van der Waals surface area contributed by atoms with E-state index in [1.54, 1.807) is 0 Å². The molecule has 0 aromatic heterocycles. The van der Waals surface area contributed by atoms with Gasteiger partial charge in [-0.15, -0.1) is 0 Å². The summed E-state index contributed by atoms with van der Waals surface area (Å²) in [5.74, 6) is -0.177. The molecule has 0 spiro atoms. The van der Waals surface area contributed by atoms with Gasteiger partial charge in [0.05, 0.1) is 0 Å². The van der Waals surface area contributed by atoms with E-state index < -0.39 is 0 Å². The van der Waals surface area contributed by atoms with E-state index in [0.29, 0.717) is 13.0 Å². The first-order chi connectivity index (χ1) is 9.65. The number of carbonyl (C=O) groups excluding carboxylic acids is 2. The maximum atomic E-state index is 12.0. The number of aryl methyl sites for hydroxylation is 1. The van der Waals surface area contributed by atoms with Crippen molar-refractivity contribution in [2.75, 3.05) is 6.54 Å². The predicted molar refractivity (Wildman–Crippen MR) is 78.1 cm³/mol. The highest BCUT2D eigenvalue weighted by atomic mass is 16.2. The quantitative estimate of drug-likeness (QED) is 0.802. The lowest BCUT2D eigenvalue weighted by Gasteiger charge is -2.26. The molecule has 1 heterocycles. The monoisotopic (exact) mass is 274 g/mol. The number of nitrogens with one attached hydrogen (secondary N) is 2. The minimum Gasteiger partial charge on any atom is -0.356 e. The highest BCUT2D eigenvalue weighted by molar-refractivity contribution is 5.87. The van der Waals surface area contributed by atoms with Crippen molar-refractivity contribution in [3.8, 4) is 0 Å². The van der Waals surface area contributed by atoms with E-state index >= 15 is 0 Å². The van der Waals surface area contributed by atoms with E-state index in [1.165, 1.54) is 5.56 Å². The van der Waals surface area contributed by atoms with Crippen molar-refractivity contribution in [2.24, 2.45) is 5.92 Å². The summed E-state index contributed by atoms with van der Waals surface area (Å²) in [6.07, 6.45) is 2.93. The molecule has 1 aliphatic rings. The van der Waals surface area contributed by atoms with Gasteiger partial charge in [-0.3, -0.25) is 9.59 Å². The summed E-state index contributed by atoms with van der Waals surface area (Å²) in [4.78, 5) is 23.4. The molecule has 2 atom stereocenters. The molecule has 2 unspecified atom stereocenters. The molecule has 4 heteroatoms. The van der Waals surface area contributed by atoms with Gasteiger partial charge in [0.15, 0.2) is 0 Å². The zero-order valence-electron chi connectivity index (χ0n) is 11.9. The Morgan fingerprint density at radius 1 is 1.35 bits per heavy atom. The van der Waals surface area contributed by atoms with E-state index in [2.05, 4.69) is 22.8 Å². The highest BCUT2D eigenvalue weighted by Gasteiger charge is 2.28. The fourth-order valence-electron chi connectivity index (χ4n) is 2.62. The van der Waals surface area contributed by atoms with E-state index in [9.17, 15) is 9.59 Å². The molecule has 20 heavy (non-hydrogen) atoms. The van der Waals surface area contributed by atoms with Crippen molar-refractivity contribution in [1.29, 1.82) is 0 Å². The van der Waals surface area contributed by atoms with E-state index in [4.69, 9.17) is 0 Å². The lowest BCUT2D eigenvalue weighted by molar-refractivity contribution is -0.133. The van der Waals surface area contributed by atoms with Crippen molar-refractivity contribution in [3.05, 3.63) is 35.9 Å². The molecule has 1 aromatic carbocycles. The third kappa shape index (κ3) is 4.37. The normalized spacial score (nSPS) is 22.1. The molecule has 1 saturated heterocycles. The Bertz CT molecular complexity index is 459. The molecule has 1 fully saturated rings. The zero-order chi connectivity index (χ0) is 14.4. The molecular formula is C16H22N2O2. The standard InChI is InChI=1S/C16H22N2O2/c1-12-10-14(11-15(19)18-12)16(20)17-9-5-8-13-6-3-2-4-7-13/h2-4,6-7,12,14H,5,8-11H2,1H3,(H,17,20)(H,18,19). The van der Waals surface area contributed by atoms with Gasteiger partial charge < -0.3 is 10.6 Å². The summed E-state index contributed by atoms with van der Waals surface area (Å²) in [5, 5.41) is 5.78. The van der Waals surface area contributed by atoms with Gasteiger partial charge in [-0.05, 0) is 31.7 Å². The summed E-state index contributed by atoms with van der Waals surface area (Å²) in [5.41, 5.74) is 1.28. The van der Waals surface area contributed by atoms with Gasteiger partial charge in [-0.1, -0.05) is 30.3 Å². The predicted octanol–water partition coefficient (Wildman–Crippen LogP) is 1.65. The number of hydrogen-bond donors (Lipinski definition) is 2. The average molecular weight is 274 g/mol. The van der Waals surface area contributed by atoms with Crippen molar-refractivity contribution in [2.45, 2.75) is 38.6 Å². The Morgan fingerprint density at radius 2 is 2.10 bits per heavy atom. The summed E-state index contributed by atoms with van der Waals surface area (Å²) < 4.78 is 0. The zero-order valence-corrected chi connectivity index (χ0v) is 11.9. The van der Waals surface area contributed by atoms with E-state index in [-0.39, 0.29) is 23.8 Å². The first-order valence-electron chi connectivity index (χ1n) is 7.26. The van der Waals surface area contributed by atoms with Crippen LogP contribution in [0.3, 0.4) is 0 Å². The number of carbonyl (C=O) groups is 2. The number of piperidine rings is 1. The summed E-state index contributed by atoms with van der Waals surface area (Å²) in [6, 6.07) is 10.3. The Labute approximate surface area is 119 Å². The van der Waals surface area contributed by atoms with Gasteiger partial charge in [-0.2, -0.15) is 0 Å². The average Bonchev–Trinajstić information content (AvgIpc) is 2.43. The molecule has 4 nitrogen and oxygen atoms in total. The van der Waals surface area contributed by atoms with Crippen LogP contribution in [0, 0.1) is 5.92 Å². The molecule has 1 aromatic rings. The van der Waals surface area contributed by atoms with Crippen LogP contribution in [0.1, 0.15) is 31.7 Å². The first kappa shape index (κ1) is 14.6. The first-order valence-corrected chi connectivity index (χ1v) is 7.26. The molecular weight excluding hydrogens is 252 g/mol. The fraction of sp³-hybridized carbons (Fsp3) is 0.500. The van der Waals surface area contributed by atoms with Crippen molar-refractivity contribution in [3.63, 3.8) is 0 Å². The minimum absolute atomic E-state index is 0.0137. The largest absolute Gasteiger partial charge is 0.356 e. The molecule has 1 aliphatic heterocycles. The topological polar surface area (TPSA) is 58.2 Å². The van der Waals surface area contributed by atoms with Crippen LogP contribution in [-0.4, -0.2) is 24.4 Å². The highest BCUT2D eigenvalue weighted by Crippen LogP contribution is 2.16. The Kier molecular flexibility index (Phi) is 5.16. The molecule has 0 aliphatic carbocycles. The van der Waals surface area contributed by atoms with E-state index in [0.717, 1.165) is 19.3 Å². The lowest BCUT2D eigenvalue weighted by Crippen LogP contribution is -2.45. The summed E-state index contributed by atoms with van der Waals surface area (Å²) in [6.45, 7) is 2.60. The van der Waals surface area contributed by atoms with Crippen LogP contribution < -0.4 is 10.6 Å². The number of rotatable bonds is 5. The maximum Gasteiger partial charge on any atom is 0.223 e. The van der Waals surface area contributed by atoms with Gasteiger partial charge in [0.25, 0.3) is 0 Å². The molecule has 2 rings (SSSR count). The lowest BCUT2D eigenvalue weighted by atomic mass is 9.92. The van der Waals surface area contributed by atoms with Gasteiger partial charge in [0.2, 0.25) is 11.8 Å². The Balaban J connectivity index is 1.68. The van der Waals surface area contributed by atoms with Crippen molar-refractivity contribution < 1.29 is 9.59 Å². The third-order valence-electron chi connectivity index (χ3n) is 3.63. The molecule has 0 saturated carbocycles. The van der Waals surface area contributed by atoms with Crippen LogP contribution in [-0.2, 0) is 16.0 Å². The minimum atomic E-state index is -0.171. The number of benzene rings is 1. The summed E-state index contributed by atoms with van der Waals surface area (Å²) in [7, 11) is 0. The van der Waals surface area contributed by atoms with Gasteiger partial charge >= 0.3 is 0 Å². The fourth-order valence-corrected chi connectivity index (χ4v) is 2.62. The van der Waals surface area contributed by atoms with Crippen LogP contribution in [0.15, 0.2) is 30.3 Å². The van der Waals surface area contributed by atoms with Crippen LogP contribution in [0.4, 0.5) is 0 Å².